The molecule has 2 aromatic heterocycles. The second-order valence-electron chi connectivity index (χ2n) is 4.12. The van der Waals surface area contributed by atoms with Crippen molar-refractivity contribution in [2.75, 3.05) is 0 Å². The van der Waals surface area contributed by atoms with E-state index < -0.39 is 6.10 Å². The van der Waals surface area contributed by atoms with E-state index in [4.69, 9.17) is 11.6 Å². The van der Waals surface area contributed by atoms with Crippen molar-refractivity contribution in [3.8, 4) is 0 Å². The van der Waals surface area contributed by atoms with Crippen LogP contribution in [-0.2, 0) is 12.8 Å². The highest BCUT2D eigenvalue weighted by Gasteiger charge is 2.13. The average molecular weight is 263 g/mol. The molecule has 0 aliphatic rings. The van der Waals surface area contributed by atoms with Gasteiger partial charge >= 0.3 is 0 Å². The number of aliphatic hydroxyl groups excluding tert-OH is 1. The molecule has 94 valence electrons. The Morgan fingerprint density at radius 3 is 2.61 bits per heavy atom. The van der Waals surface area contributed by atoms with E-state index in [-0.39, 0.29) is 0 Å². The van der Waals surface area contributed by atoms with Crippen LogP contribution in [0.3, 0.4) is 0 Å². The summed E-state index contributed by atoms with van der Waals surface area (Å²) < 4.78 is 0. The lowest BCUT2D eigenvalue weighted by atomic mass is 9.98. The lowest BCUT2D eigenvalue weighted by Crippen LogP contribution is -2.06. The molecule has 2 aromatic rings. The van der Waals surface area contributed by atoms with Crippen LogP contribution in [0.25, 0.3) is 0 Å². The molecular formula is C14H15ClN2O. The van der Waals surface area contributed by atoms with Crippen LogP contribution in [-0.4, -0.2) is 15.1 Å². The van der Waals surface area contributed by atoms with Gasteiger partial charge in [-0.1, -0.05) is 18.5 Å². The molecule has 3 nitrogen and oxygen atoms in total. The van der Waals surface area contributed by atoms with Crippen molar-refractivity contribution >= 4 is 11.6 Å². The molecule has 1 atom stereocenters. The number of halogens is 1. The average Bonchev–Trinajstić information content (AvgIpc) is 2.41. The van der Waals surface area contributed by atoms with E-state index in [1.165, 1.54) is 0 Å². The Kier molecular flexibility index (Phi) is 4.28. The summed E-state index contributed by atoms with van der Waals surface area (Å²) in [5.74, 6) is 0. The molecule has 2 heterocycles. The molecule has 0 radical (unpaired) electrons. The predicted molar refractivity (Wildman–Crippen MR) is 71.5 cm³/mol. The third kappa shape index (κ3) is 2.86. The molecule has 0 aliphatic heterocycles. The summed E-state index contributed by atoms with van der Waals surface area (Å²) in [7, 11) is 0. The van der Waals surface area contributed by atoms with E-state index in [1.807, 2.05) is 19.1 Å². The van der Waals surface area contributed by atoms with Gasteiger partial charge in [-0.25, -0.2) is 0 Å². The van der Waals surface area contributed by atoms with Crippen molar-refractivity contribution in [2.45, 2.75) is 25.9 Å². The van der Waals surface area contributed by atoms with E-state index in [9.17, 15) is 5.11 Å². The number of hydrogen-bond donors (Lipinski definition) is 1. The molecule has 18 heavy (non-hydrogen) atoms. The van der Waals surface area contributed by atoms with Crippen LogP contribution < -0.4 is 0 Å². The molecule has 1 unspecified atom stereocenters. The first-order valence-electron chi connectivity index (χ1n) is 5.91. The Bertz CT molecular complexity index is 531. The Morgan fingerprint density at radius 2 is 1.89 bits per heavy atom. The van der Waals surface area contributed by atoms with Gasteiger partial charge in [0.1, 0.15) is 0 Å². The van der Waals surface area contributed by atoms with Gasteiger partial charge in [0.2, 0.25) is 0 Å². The van der Waals surface area contributed by atoms with E-state index in [2.05, 4.69) is 9.97 Å². The molecule has 0 spiro atoms. The first-order chi connectivity index (χ1) is 8.72. The first kappa shape index (κ1) is 13.0. The molecule has 4 heteroatoms. The smallest absolute Gasteiger partial charge is 0.0834 e. The maximum Gasteiger partial charge on any atom is 0.0834 e. The minimum atomic E-state index is -0.567. The highest BCUT2D eigenvalue weighted by Crippen LogP contribution is 2.24. The Morgan fingerprint density at radius 1 is 1.17 bits per heavy atom. The standard InChI is InChI=1S/C14H15ClN2O/c1-2-10-8-16-6-4-12(10)14(18)7-11-3-5-17-9-13(11)15/h3-6,8-9,14,18H,2,7H2,1H3. The van der Waals surface area contributed by atoms with Crippen molar-refractivity contribution in [1.29, 1.82) is 0 Å². The Balaban J connectivity index is 2.22. The number of nitrogens with zero attached hydrogens (tertiary/aromatic N) is 2. The molecule has 1 N–H and O–H groups in total. The lowest BCUT2D eigenvalue weighted by Gasteiger charge is -2.15. The van der Waals surface area contributed by atoms with Crippen molar-refractivity contribution in [3.05, 3.63) is 58.6 Å². The van der Waals surface area contributed by atoms with Gasteiger partial charge in [-0.2, -0.15) is 0 Å². The fourth-order valence-corrected chi connectivity index (χ4v) is 2.14. The summed E-state index contributed by atoms with van der Waals surface area (Å²) in [5.41, 5.74) is 2.88. The monoisotopic (exact) mass is 262 g/mol. The van der Waals surface area contributed by atoms with Crippen LogP contribution in [0, 0.1) is 0 Å². The fraction of sp³-hybridized carbons (Fsp3) is 0.286. The zero-order valence-electron chi connectivity index (χ0n) is 10.2. The van der Waals surface area contributed by atoms with Crippen molar-refractivity contribution < 1.29 is 5.11 Å². The van der Waals surface area contributed by atoms with E-state index in [1.54, 1.807) is 24.8 Å². The van der Waals surface area contributed by atoms with Gasteiger partial charge in [0.25, 0.3) is 0 Å². The molecule has 0 saturated heterocycles. The van der Waals surface area contributed by atoms with E-state index in [0.29, 0.717) is 11.4 Å². The number of rotatable bonds is 4. The number of hydrogen-bond acceptors (Lipinski definition) is 3. The quantitative estimate of drug-likeness (QED) is 0.921. The number of aryl methyl sites for hydroxylation is 1. The molecular weight excluding hydrogens is 248 g/mol. The van der Waals surface area contributed by atoms with Crippen LogP contribution in [0.2, 0.25) is 5.02 Å². The van der Waals surface area contributed by atoms with Gasteiger partial charge in [0.15, 0.2) is 0 Å². The lowest BCUT2D eigenvalue weighted by molar-refractivity contribution is 0.177. The summed E-state index contributed by atoms with van der Waals surface area (Å²) in [5, 5.41) is 10.9. The Labute approximate surface area is 111 Å². The first-order valence-corrected chi connectivity index (χ1v) is 6.29. The zero-order chi connectivity index (χ0) is 13.0. The normalized spacial score (nSPS) is 12.4. The zero-order valence-corrected chi connectivity index (χ0v) is 10.9. The number of aliphatic hydroxyl groups is 1. The minimum absolute atomic E-state index is 0.484. The topological polar surface area (TPSA) is 46.0 Å². The van der Waals surface area contributed by atoms with Gasteiger partial charge in [-0.15, -0.1) is 0 Å². The van der Waals surface area contributed by atoms with Gasteiger partial charge in [0.05, 0.1) is 11.1 Å². The van der Waals surface area contributed by atoms with Gasteiger partial charge in [0, 0.05) is 31.2 Å². The van der Waals surface area contributed by atoms with E-state index >= 15 is 0 Å². The molecule has 2 rings (SSSR count). The third-order valence-electron chi connectivity index (χ3n) is 2.95. The summed E-state index contributed by atoms with van der Waals surface area (Å²) in [6, 6.07) is 3.69. The van der Waals surface area contributed by atoms with Crippen molar-refractivity contribution in [3.63, 3.8) is 0 Å². The number of aromatic nitrogens is 2. The predicted octanol–water partition coefficient (Wildman–Crippen LogP) is 2.97. The molecule has 0 amide bonds. The van der Waals surface area contributed by atoms with Crippen molar-refractivity contribution in [2.24, 2.45) is 0 Å². The number of pyridine rings is 2. The molecule has 0 aliphatic carbocycles. The van der Waals surface area contributed by atoms with E-state index in [0.717, 1.165) is 23.1 Å². The SMILES string of the molecule is CCc1cnccc1C(O)Cc1ccncc1Cl. The van der Waals surface area contributed by atoms with Crippen LogP contribution >= 0.6 is 11.6 Å². The highest BCUT2D eigenvalue weighted by molar-refractivity contribution is 6.31. The maximum absolute atomic E-state index is 10.3. The third-order valence-corrected chi connectivity index (χ3v) is 3.29. The minimum Gasteiger partial charge on any atom is -0.388 e. The molecule has 0 bridgehead atoms. The molecule has 0 fully saturated rings. The van der Waals surface area contributed by atoms with Gasteiger partial charge in [-0.05, 0) is 35.2 Å². The second kappa shape index (κ2) is 5.94. The molecule has 0 saturated carbocycles. The Hall–Kier alpha value is -1.45. The summed E-state index contributed by atoms with van der Waals surface area (Å²) in [4.78, 5) is 8.01. The van der Waals surface area contributed by atoms with Crippen LogP contribution in [0.1, 0.15) is 29.7 Å². The largest absolute Gasteiger partial charge is 0.388 e. The van der Waals surface area contributed by atoms with Crippen LogP contribution in [0.15, 0.2) is 36.9 Å². The maximum atomic E-state index is 10.3. The second-order valence-corrected chi connectivity index (χ2v) is 4.52. The van der Waals surface area contributed by atoms with Gasteiger partial charge in [-0.3, -0.25) is 9.97 Å². The van der Waals surface area contributed by atoms with Crippen LogP contribution in [0.5, 0.6) is 0 Å². The van der Waals surface area contributed by atoms with Gasteiger partial charge < -0.3 is 5.11 Å². The highest BCUT2D eigenvalue weighted by atomic mass is 35.5. The summed E-state index contributed by atoms with van der Waals surface area (Å²) >= 11 is 6.04. The summed E-state index contributed by atoms with van der Waals surface area (Å²) in [6.45, 7) is 2.05. The van der Waals surface area contributed by atoms with Crippen molar-refractivity contribution in [1.82, 2.24) is 9.97 Å². The molecule has 0 aromatic carbocycles. The van der Waals surface area contributed by atoms with Crippen LogP contribution in [0.4, 0.5) is 0 Å². The fourth-order valence-electron chi connectivity index (χ4n) is 1.95. The summed E-state index contributed by atoms with van der Waals surface area (Å²) in [6.07, 6.45) is 7.54.